The molecular weight excluding hydrogens is 281 g/mol. The molecule has 1 aromatic rings. The summed E-state index contributed by atoms with van der Waals surface area (Å²) in [5, 5.41) is 9.13. The van der Waals surface area contributed by atoms with Crippen LogP contribution in [0.15, 0.2) is 12.1 Å². The summed E-state index contributed by atoms with van der Waals surface area (Å²) < 4.78 is 28.6. The van der Waals surface area contributed by atoms with Gasteiger partial charge in [-0.1, -0.05) is 0 Å². The molecule has 0 heterocycles. The maximum absolute atomic E-state index is 14.0. The molecule has 2 N–H and O–H groups in total. The Morgan fingerprint density at radius 2 is 2.15 bits per heavy atom. The van der Waals surface area contributed by atoms with Gasteiger partial charge in [-0.15, -0.1) is 4.72 Å². The molecule has 1 aliphatic rings. The molecule has 0 aromatic heterocycles. The van der Waals surface area contributed by atoms with E-state index in [4.69, 9.17) is 5.11 Å². The van der Waals surface area contributed by atoms with Gasteiger partial charge in [-0.3, -0.25) is 0 Å². The number of hydrogen-bond acceptors (Lipinski definition) is 3. The zero-order valence-electron chi connectivity index (χ0n) is 11.7. The quantitative estimate of drug-likeness (QED) is 0.841. The topological polar surface area (TPSA) is 72.4 Å². The highest BCUT2D eigenvalue weighted by molar-refractivity contribution is 7.90. The molecule has 0 radical (unpaired) electrons. The van der Waals surface area contributed by atoms with Crippen molar-refractivity contribution in [2.45, 2.75) is 44.4 Å². The van der Waals surface area contributed by atoms with Crippen LogP contribution in [0.3, 0.4) is 0 Å². The number of carbonyl (C=O) groups is 1. The number of fused-ring (bicyclic) bond motifs is 1. The second kappa shape index (κ2) is 5.35. The number of nitrogens with one attached hydrogen (secondary N) is 1. The minimum atomic E-state index is -1.32. The molecule has 0 spiro atoms. The van der Waals surface area contributed by atoms with Gasteiger partial charge in [0, 0.05) is 16.9 Å². The maximum atomic E-state index is 14.0. The van der Waals surface area contributed by atoms with E-state index in [0.29, 0.717) is 24.0 Å². The van der Waals surface area contributed by atoms with Gasteiger partial charge in [0.05, 0.1) is 11.6 Å². The third-order valence-corrected chi connectivity index (χ3v) is 4.98. The first-order valence-corrected chi connectivity index (χ1v) is 7.59. The Balaban J connectivity index is 2.33. The van der Waals surface area contributed by atoms with Crippen LogP contribution in [0.2, 0.25) is 0 Å². The maximum Gasteiger partial charge on any atom is 0.335 e. The van der Waals surface area contributed by atoms with E-state index in [1.165, 1.54) is 12.1 Å². The van der Waals surface area contributed by atoms with E-state index in [9.17, 15) is 13.7 Å². The molecule has 2 atom stereocenters. The summed E-state index contributed by atoms with van der Waals surface area (Å²) in [4.78, 5) is 11.2. The van der Waals surface area contributed by atoms with Gasteiger partial charge in [-0.2, -0.15) is 0 Å². The Labute approximate surface area is 120 Å². The molecule has 0 amide bonds. The SMILES string of the molecule is CC(C)(C)[S@@+]([O-])N[C@H]1CCc2c(C(=O)O)ccc(F)c21. The summed E-state index contributed by atoms with van der Waals surface area (Å²) in [7, 11) is 0. The Hall–Kier alpha value is -1.11. The molecule has 1 aliphatic carbocycles. The molecule has 0 unspecified atom stereocenters. The Morgan fingerprint density at radius 1 is 1.50 bits per heavy atom. The number of aromatic carboxylic acids is 1. The monoisotopic (exact) mass is 299 g/mol. The van der Waals surface area contributed by atoms with Crippen molar-refractivity contribution in [1.29, 1.82) is 0 Å². The number of carboxylic acids is 1. The summed E-state index contributed by atoms with van der Waals surface area (Å²) >= 11 is -1.32. The van der Waals surface area contributed by atoms with E-state index in [2.05, 4.69) is 4.72 Å². The second-order valence-corrected chi connectivity index (χ2v) is 7.88. The van der Waals surface area contributed by atoms with Crippen molar-refractivity contribution in [2.75, 3.05) is 0 Å². The molecule has 6 heteroatoms. The largest absolute Gasteiger partial charge is 0.598 e. The van der Waals surface area contributed by atoms with Crippen LogP contribution in [-0.2, 0) is 17.8 Å². The number of halogens is 1. The average molecular weight is 299 g/mol. The van der Waals surface area contributed by atoms with Crippen molar-refractivity contribution in [3.05, 3.63) is 34.6 Å². The third kappa shape index (κ3) is 2.82. The molecule has 0 saturated carbocycles. The lowest BCUT2D eigenvalue weighted by Crippen LogP contribution is -2.40. The van der Waals surface area contributed by atoms with Crippen LogP contribution in [0.25, 0.3) is 0 Å². The first-order valence-electron chi connectivity index (χ1n) is 6.44. The highest BCUT2D eigenvalue weighted by Gasteiger charge is 2.36. The van der Waals surface area contributed by atoms with Crippen LogP contribution in [0.4, 0.5) is 4.39 Å². The van der Waals surface area contributed by atoms with Crippen LogP contribution < -0.4 is 4.72 Å². The van der Waals surface area contributed by atoms with Gasteiger partial charge < -0.3 is 9.66 Å². The molecular formula is C14H18FNO3S. The van der Waals surface area contributed by atoms with Gasteiger partial charge in [-0.25, -0.2) is 9.18 Å². The van der Waals surface area contributed by atoms with Gasteiger partial charge in [0.2, 0.25) is 0 Å². The summed E-state index contributed by atoms with van der Waals surface area (Å²) in [6, 6.07) is 2.06. The van der Waals surface area contributed by atoms with Crippen molar-refractivity contribution < 1.29 is 18.8 Å². The first-order chi connectivity index (χ1) is 9.21. The Kier molecular flexibility index (Phi) is 4.09. The van der Waals surface area contributed by atoms with Gasteiger partial charge in [0.15, 0.2) is 0 Å². The van der Waals surface area contributed by atoms with E-state index >= 15 is 0 Å². The minimum Gasteiger partial charge on any atom is -0.598 e. The highest BCUT2D eigenvalue weighted by atomic mass is 32.2. The second-order valence-electron chi connectivity index (χ2n) is 5.88. The lowest BCUT2D eigenvalue weighted by Gasteiger charge is -2.26. The lowest BCUT2D eigenvalue weighted by molar-refractivity contribution is 0.0695. The molecule has 0 aliphatic heterocycles. The van der Waals surface area contributed by atoms with Crippen molar-refractivity contribution >= 4 is 17.3 Å². The van der Waals surface area contributed by atoms with E-state index in [1.807, 2.05) is 20.8 Å². The van der Waals surface area contributed by atoms with Crippen molar-refractivity contribution in [1.82, 2.24) is 4.72 Å². The number of rotatable bonds is 3. The molecule has 0 fully saturated rings. The standard InChI is InChI=1S/C14H18FNO3S/c1-14(2,3)20(19)16-11-7-5-8-9(13(17)18)4-6-10(15)12(8)11/h4,6,11,16H,5,7H2,1-3H3,(H,17,18)/t11-,20+/m0/s1. The predicted molar refractivity (Wildman–Crippen MR) is 75.5 cm³/mol. The summed E-state index contributed by atoms with van der Waals surface area (Å²) in [6.07, 6.45) is 1.03. The van der Waals surface area contributed by atoms with Crippen LogP contribution in [0.5, 0.6) is 0 Å². The first kappa shape index (κ1) is 15.3. The van der Waals surface area contributed by atoms with E-state index in [-0.39, 0.29) is 5.56 Å². The number of hydrogen-bond donors (Lipinski definition) is 2. The molecule has 0 saturated heterocycles. The zero-order chi connectivity index (χ0) is 15.1. The summed E-state index contributed by atoms with van der Waals surface area (Å²) in [6.45, 7) is 5.49. The average Bonchev–Trinajstić information content (AvgIpc) is 2.72. The molecule has 2 rings (SSSR count). The van der Waals surface area contributed by atoms with Gasteiger partial charge in [0.25, 0.3) is 0 Å². The predicted octanol–water partition coefficient (Wildman–Crippen LogP) is 2.56. The third-order valence-electron chi connectivity index (χ3n) is 3.37. The fraction of sp³-hybridized carbons (Fsp3) is 0.500. The minimum absolute atomic E-state index is 0.132. The summed E-state index contributed by atoms with van der Waals surface area (Å²) in [5.74, 6) is -1.50. The van der Waals surface area contributed by atoms with Crippen LogP contribution in [0, 0.1) is 5.82 Å². The Bertz CT molecular complexity index is 542. The zero-order valence-corrected chi connectivity index (χ0v) is 12.5. The fourth-order valence-corrected chi connectivity index (χ4v) is 3.19. The molecule has 4 nitrogen and oxygen atoms in total. The molecule has 1 aromatic carbocycles. The van der Waals surface area contributed by atoms with Gasteiger partial charge in [-0.05, 0) is 51.3 Å². The smallest absolute Gasteiger partial charge is 0.335 e. The van der Waals surface area contributed by atoms with Crippen LogP contribution in [-0.4, -0.2) is 20.4 Å². The van der Waals surface area contributed by atoms with Crippen molar-refractivity contribution in [3.8, 4) is 0 Å². The van der Waals surface area contributed by atoms with Gasteiger partial charge >= 0.3 is 5.97 Å². The highest BCUT2D eigenvalue weighted by Crippen LogP contribution is 2.36. The number of carboxylic acid groups (broad SMARTS) is 1. The lowest BCUT2D eigenvalue weighted by atomic mass is 10.0. The van der Waals surface area contributed by atoms with E-state index < -0.39 is 33.9 Å². The van der Waals surface area contributed by atoms with Crippen LogP contribution in [0.1, 0.15) is 54.7 Å². The Morgan fingerprint density at radius 3 is 2.70 bits per heavy atom. The normalized spacial score (nSPS) is 19.8. The van der Waals surface area contributed by atoms with E-state index in [0.717, 1.165) is 0 Å². The fourth-order valence-electron chi connectivity index (χ4n) is 2.34. The molecule has 0 bridgehead atoms. The summed E-state index contributed by atoms with van der Waals surface area (Å²) in [5.41, 5.74) is 0.996. The van der Waals surface area contributed by atoms with Crippen LogP contribution >= 0.6 is 0 Å². The molecule has 20 heavy (non-hydrogen) atoms. The van der Waals surface area contributed by atoms with Crippen molar-refractivity contribution in [3.63, 3.8) is 0 Å². The van der Waals surface area contributed by atoms with E-state index in [1.54, 1.807) is 0 Å². The van der Waals surface area contributed by atoms with Gasteiger partial charge in [0.1, 0.15) is 10.6 Å². The number of benzene rings is 1. The molecule has 110 valence electrons. The van der Waals surface area contributed by atoms with Crippen molar-refractivity contribution in [2.24, 2.45) is 0 Å².